The summed E-state index contributed by atoms with van der Waals surface area (Å²) in [6.45, 7) is 2.01. The van der Waals surface area contributed by atoms with Gasteiger partial charge in [0.05, 0.1) is 11.0 Å². The summed E-state index contributed by atoms with van der Waals surface area (Å²) in [5, 5.41) is 13.8. The topological polar surface area (TPSA) is 68.1 Å². The van der Waals surface area contributed by atoms with Crippen molar-refractivity contribution in [2.24, 2.45) is 0 Å². The van der Waals surface area contributed by atoms with Gasteiger partial charge in [-0.3, -0.25) is 15.1 Å². The van der Waals surface area contributed by atoms with Crippen molar-refractivity contribution in [1.82, 2.24) is 4.98 Å². The van der Waals surface area contributed by atoms with E-state index >= 15 is 0 Å². The molecule has 2 aromatic rings. The van der Waals surface area contributed by atoms with Gasteiger partial charge in [0, 0.05) is 30.2 Å². The quantitative estimate of drug-likeness (QED) is 0.661. The molecule has 18 heavy (non-hydrogen) atoms. The molecule has 1 aromatic carbocycles. The van der Waals surface area contributed by atoms with E-state index in [-0.39, 0.29) is 11.7 Å². The van der Waals surface area contributed by atoms with Gasteiger partial charge in [0.2, 0.25) is 0 Å². The predicted octanol–water partition coefficient (Wildman–Crippen LogP) is 3.16. The Labute approximate surface area is 105 Å². The molecule has 0 aliphatic heterocycles. The minimum Gasteiger partial charge on any atom is -0.378 e. The van der Waals surface area contributed by atoms with Gasteiger partial charge in [-0.05, 0) is 30.7 Å². The smallest absolute Gasteiger partial charge is 0.269 e. The summed E-state index contributed by atoms with van der Waals surface area (Å²) in [6.07, 6.45) is 3.52. The number of hydrogen-bond donors (Lipinski definition) is 1. The Morgan fingerprint density at radius 2 is 2.00 bits per heavy atom. The number of hydrogen-bond acceptors (Lipinski definition) is 4. The fourth-order valence-electron chi connectivity index (χ4n) is 1.64. The maximum atomic E-state index is 10.5. The van der Waals surface area contributed by atoms with Crippen molar-refractivity contribution in [3.05, 3.63) is 64.5 Å². The third-order valence-electron chi connectivity index (χ3n) is 2.65. The minimum atomic E-state index is -0.408. The van der Waals surface area contributed by atoms with Crippen molar-refractivity contribution in [3.8, 4) is 0 Å². The third-order valence-corrected chi connectivity index (χ3v) is 2.65. The highest BCUT2D eigenvalue weighted by molar-refractivity contribution is 5.49. The number of nitro benzene ring substituents is 1. The molecule has 0 saturated carbocycles. The molecule has 1 aromatic heterocycles. The molecule has 0 radical (unpaired) electrons. The number of non-ortho nitro benzene ring substituents is 1. The lowest BCUT2D eigenvalue weighted by molar-refractivity contribution is -0.384. The van der Waals surface area contributed by atoms with E-state index < -0.39 is 4.92 Å². The van der Waals surface area contributed by atoms with Crippen LogP contribution >= 0.6 is 0 Å². The van der Waals surface area contributed by atoms with Crippen LogP contribution in [0.3, 0.4) is 0 Å². The van der Waals surface area contributed by atoms with E-state index in [2.05, 4.69) is 10.3 Å². The van der Waals surface area contributed by atoms with E-state index in [9.17, 15) is 10.1 Å². The largest absolute Gasteiger partial charge is 0.378 e. The van der Waals surface area contributed by atoms with Crippen LogP contribution in [0.25, 0.3) is 0 Å². The molecule has 1 atom stereocenters. The average molecular weight is 243 g/mol. The Morgan fingerprint density at radius 3 is 2.56 bits per heavy atom. The zero-order valence-corrected chi connectivity index (χ0v) is 9.91. The predicted molar refractivity (Wildman–Crippen MR) is 69.4 cm³/mol. The normalized spacial score (nSPS) is 11.8. The minimum absolute atomic E-state index is 0.0922. The average Bonchev–Trinajstić information content (AvgIpc) is 2.40. The van der Waals surface area contributed by atoms with Crippen LogP contribution in [-0.2, 0) is 0 Å². The Hall–Kier alpha value is -2.43. The van der Waals surface area contributed by atoms with Gasteiger partial charge < -0.3 is 5.32 Å². The molecule has 1 heterocycles. The maximum absolute atomic E-state index is 10.5. The van der Waals surface area contributed by atoms with Crippen molar-refractivity contribution in [3.63, 3.8) is 0 Å². The van der Waals surface area contributed by atoms with Crippen molar-refractivity contribution in [2.75, 3.05) is 5.32 Å². The molecule has 5 nitrogen and oxygen atoms in total. The lowest BCUT2D eigenvalue weighted by Crippen LogP contribution is -2.06. The first-order valence-electron chi connectivity index (χ1n) is 5.58. The standard InChI is InChI=1S/C13H13N3O2/c1-10(11-3-2-8-14-9-11)15-12-4-6-13(7-5-12)16(17)18/h2-10,15H,1H3. The lowest BCUT2D eigenvalue weighted by atomic mass is 10.1. The Bertz CT molecular complexity index is 526. The number of pyridine rings is 1. The molecular weight excluding hydrogens is 230 g/mol. The van der Waals surface area contributed by atoms with Crippen LogP contribution in [0.5, 0.6) is 0 Å². The van der Waals surface area contributed by atoms with Crippen LogP contribution in [0, 0.1) is 10.1 Å². The van der Waals surface area contributed by atoms with Gasteiger partial charge in [-0.2, -0.15) is 0 Å². The molecule has 1 unspecified atom stereocenters. The van der Waals surface area contributed by atoms with Crippen LogP contribution < -0.4 is 5.32 Å². The first-order chi connectivity index (χ1) is 8.66. The molecule has 0 amide bonds. The van der Waals surface area contributed by atoms with E-state index in [1.54, 1.807) is 24.5 Å². The fraction of sp³-hybridized carbons (Fsp3) is 0.154. The lowest BCUT2D eigenvalue weighted by Gasteiger charge is -2.14. The number of nitro groups is 1. The highest BCUT2D eigenvalue weighted by atomic mass is 16.6. The highest BCUT2D eigenvalue weighted by Crippen LogP contribution is 2.20. The summed E-state index contributed by atoms with van der Waals surface area (Å²) in [4.78, 5) is 14.2. The SMILES string of the molecule is CC(Nc1ccc([N+](=O)[O-])cc1)c1cccnc1. The summed E-state index contributed by atoms with van der Waals surface area (Å²) in [6, 6.07) is 10.3. The van der Waals surface area contributed by atoms with Gasteiger partial charge in [0.1, 0.15) is 0 Å². The van der Waals surface area contributed by atoms with E-state index in [1.165, 1.54) is 12.1 Å². The van der Waals surface area contributed by atoms with Gasteiger partial charge in [0.25, 0.3) is 5.69 Å². The Kier molecular flexibility index (Phi) is 3.52. The van der Waals surface area contributed by atoms with Crippen molar-refractivity contribution < 1.29 is 4.92 Å². The molecule has 2 rings (SSSR count). The maximum Gasteiger partial charge on any atom is 0.269 e. The first-order valence-corrected chi connectivity index (χ1v) is 5.58. The third kappa shape index (κ3) is 2.82. The van der Waals surface area contributed by atoms with E-state index in [0.717, 1.165) is 11.3 Å². The van der Waals surface area contributed by atoms with E-state index in [1.807, 2.05) is 19.1 Å². The van der Waals surface area contributed by atoms with Crippen LogP contribution in [0.1, 0.15) is 18.5 Å². The van der Waals surface area contributed by atoms with Crippen LogP contribution in [0.4, 0.5) is 11.4 Å². The van der Waals surface area contributed by atoms with Crippen molar-refractivity contribution in [2.45, 2.75) is 13.0 Å². The van der Waals surface area contributed by atoms with Gasteiger partial charge >= 0.3 is 0 Å². The van der Waals surface area contributed by atoms with Crippen LogP contribution in [0.2, 0.25) is 0 Å². The van der Waals surface area contributed by atoms with Crippen LogP contribution in [-0.4, -0.2) is 9.91 Å². The molecule has 0 spiro atoms. The molecule has 92 valence electrons. The number of nitrogens with zero attached hydrogens (tertiary/aromatic N) is 2. The van der Waals surface area contributed by atoms with E-state index in [0.29, 0.717) is 0 Å². The van der Waals surface area contributed by atoms with Gasteiger partial charge in [-0.15, -0.1) is 0 Å². The summed E-state index contributed by atoms with van der Waals surface area (Å²) in [5.74, 6) is 0. The van der Waals surface area contributed by atoms with Gasteiger partial charge in [0.15, 0.2) is 0 Å². The molecule has 5 heteroatoms. The number of rotatable bonds is 4. The molecule has 0 fully saturated rings. The Balaban J connectivity index is 2.08. The molecular formula is C13H13N3O2. The highest BCUT2D eigenvalue weighted by Gasteiger charge is 2.07. The summed E-state index contributed by atoms with van der Waals surface area (Å²) < 4.78 is 0. The van der Waals surface area contributed by atoms with Gasteiger partial charge in [-0.1, -0.05) is 6.07 Å². The second kappa shape index (κ2) is 5.27. The number of benzene rings is 1. The zero-order valence-electron chi connectivity index (χ0n) is 9.91. The van der Waals surface area contributed by atoms with Crippen LogP contribution in [0.15, 0.2) is 48.8 Å². The molecule has 1 N–H and O–H groups in total. The monoisotopic (exact) mass is 243 g/mol. The second-order valence-electron chi connectivity index (χ2n) is 3.96. The van der Waals surface area contributed by atoms with Crippen molar-refractivity contribution >= 4 is 11.4 Å². The number of nitrogens with one attached hydrogen (secondary N) is 1. The molecule has 0 aliphatic carbocycles. The first kappa shape index (κ1) is 12.0. The fourth-order valence-corrected chi connectivity index (χ4v) is 1.64. The zero-order chi connectivity index (χ0) is 13.0. The summed E-state index contributed by atoms with van der Waals surface area (Å²) >= 11 is 0. The molecule has 0 saturated heterocycles. The second-order valence-corrected chi connectivity index (χ2v) is 3.96. The Morgan fingerprint density at radius 1 is 1.28 bits per heavy atom. The molecule has 0 bridgehead atoms. The van der Waals surface area contributed by atoms with E-state index in [4.69, 9.17) is 0 Å². The van der Waals surface area contributed by atoms with Gasteiger partial charge in [-0.25, -0.2) is 0 Å². The molecule has 0 aliphatic rings. The summed E-state index contributed by atoms with van der Waals surface area (Å²) in [5.41, 5.74) is 2.00. The van der Waals surface area contributed by atoms with Crippen molar-refractivity contribution in [1.29, 1.82) is 0 Å². The summed E-state index contributed by atoms with van der Waals surface area (Å²) in [7, 11) is 0. The number of aromatic nitrogens is 1. The number of anilines is 1.